The molecule has 0 fully saturated rings. The highest BCUT2D eigenvalue weighted by atomic mass is 15.2. The molecule has 7 aromatic carbocycles. The highest BCUT2D eigenvalue weighted by Crippen LogP contribution is 2.54. The smallest absolute Gasteiger partial charge is 0.0788 e. The van der Waals surface area contributed by atoms with E-state index in [0.717, 1.165) is 38.5 Å². The number of nitrogens with zero attached hydrogens (tertiary/aromatic N) is 4. The van der Waals surface area contributed by atoms with Crippen LogP contribution in [0.1, 0.15) is 59.7 Å². The minimum Gasteiger partial charge on any atom is -0.334 e. The van der Waals surface area contributed by atoms with Gasteiger partial charge in [0.1, 0.15) is 0 Å². The lowest BCUT2D eigenvalue weighted by atomic mass is 9.85. The quantitative estimate of drug-likeness (QED) is 0.158. The molecule has 4 heterocycles. The van der Waals surface area contributed by atoms with Gasteiger partial charge in [0, 0.05) is 84.0 Å². The number of para-hydroxylation sites is 3. The van der Waals surface area contributed by atoms with Crippen LogP contribution in [0.15, 0.2) is 182 Å². The number of hydrogen-bond acceptors (Lipinski definition) is 1. The molecule has 2 unspecified atom stereocenters. The third-order valence-corrected chi connectivity index (χ3v) is 14.8. The normalized spacial score (nSPS) is 17.4. The molecule has 0 spiro atoms. The maximum Gasteiger partial charge on any atom is 0.0788 e. The Labute approximate surface area is 372 Å². The van der Waals surface area contributed by atoms with Crippen LogP contribution in [-0.2, 0) is 12.8 Å². The van der Waals surface area contributed by atoms with Crippen LogP contribution < -0.4 is 4.90 Å². The number of fused-ring (bicyclic) bond motifs is 14. The molecule has 0 N–H and O–H groups in total. The Hall–Kier alpha value is -7.56. The first-order valence-corrected chi connectivity index (χ1v) is 23.2. The van der Waals surface area contributed by atoms with Crippen LogP contribution >= 0.6 is 0 Å². The maximum absolute atomic E-state index is 2.63. The van der Waals surface area contributed by atoms with Crippen molar-refractivity contribution in [1.82, 2.24) is 13.7 Å². The number of allylic oxidation sites excluding steroid dienone is 3. The minimum atomic E-state index is 0.323. The summed E-state index contributed by atoms with van der Waals surface area (Å²) in [5, 5.41) is 5.24. The number of anilines is 2. The van der Waals surface area contributed by atoms with Gasteiger partial charge < -0.3 is 18.6 Å². The third kappa shape index (κ3) is 5.11. The lowest BCUT2D eigenvalue weighted by molar-refractivity contribution is 0.574. The predicted octanol–water partition coefficient (Wildman–Crippen LogP) is 15.2. The first-order valence-electron chi connectivity index (χ1n) is 23.2. The summed E-state index contributed by atoms with van der Waals surface area (Å²) in [6.45, 7) is 0. The first-order chi connectivity index (χ1) is 31.8. The molecular formula is C60H46N4. The monoisotopic (exact) mass is 822 g/mol. The second-order valence-corrected chi connectivity index (χ2v) is 18.1. The molecule has 2 atom stereocenters. The van der Waals surface area contributed by atoms with Crippen molar-refractivity contribution < 1.29 is 0 Å². The van der Waals surface area contributed by atoms with Crippen molar-refractivity contribution in [2.75, 3.05) is 4.90 Å². The molecule has 0 saturated heterocycles. The molecule has 4 heteroatoms. The Balaban J connectivity index is 0.897. The van der Waals surface area contributed by atoms with Crippen LogP contribution in [0.3, 0.4) is 0 Å². The standard InChI is InChI=1S/C60H46N4/c1-3-15-41(16-4-1)61-55-26-14-10-22-51(55)57-56(61)38-37-48-45-19-7-11-23-52(45)62(58(48)57)43-31-27-39(28-32-43)40-29-33-44(34-30-40)64-54-25-13-9-21-47(54)50-36-35-49-46-20-8-12-24-53(46)63(59(49)60(50)64)42-17-5-2-6-18-42/h1-9,13-21,25-38,51,55H,10-12,22-24H2. The van der Waals surface area contributed by atoms with E-state index in [-0.39, 0.29) is 0 Å². The molecule has 3 aromatic heterocycles. The Morgan fingerprint density at radius 3 is 1.66 bits per heavy atom. The van der Waals surface area contributed by atoms with Crippen LogP contribution in [0.2, 0.25) is 0 Å². The topological polar surface area (TPSA) is 18.0 Å². The van der Waals surface area contributed by atoms with Crippen molar-refractivity contribution in [1.29, 1.82) is 0 Å². The van der Waals surface area contributed by atoms with Crippen molar-refractivity contribution in [3.05, 3.63) is 210 Å². The number of rotatable bonds is 5. The lowest BCUT2D eigenvalue weighted by Crippen LogP contribution is -2.29. The van der Waals surface area contributed by atoms with Gasteiger partial charge in [-0.3, -0.25) is 0 Å². The zero-order chi connectivity index (χ0) is 41.9. The van der Waals surface area contributed by atoms with E-state index >= 15 is 0 Å². The third-order valence-electron chi connectivity index (χ3n) is 14.8. The van der Waals surface area contributed by atoms with Crippen molar-refractivity contribution >= 4 is 67.1 Å². The summed E-state index contributed by atoms with van der Waals surface area (Å²) in [5.41, 5.74) is 20.9. The summed E-state index contributed by atoms with van der Waals surface area (Å²) in [5.74, 6) is 0.441. The molecule has 0 saturated carbocycles. The SMILES string of the molecule is C1=Cc2c(n(-c3ccc(-c4ccc(-n5c6ccccc6c6ccc7c8c(n(-c9ccccc9)c7c65)CCC=C8)cc4)cc3)c3c4c(ccc23)N(c2ccccc2)C2C=CCCC42)CC1. The van der Waals surface area contributed by atoms with Gasteiger partial charge in [0.05, 0.1) is 28.1 Å². The molecule has 14 rings (SSSR count). The van der Waals surface area contributed by atoms with Crippen LogP contribution in [0, 0.1) is 0 Å². The molecule has 64 heavy (non-hydrogen) atoms. The average Bonchev–Trinajstić information content (AvgIpc) is 4.10. The predicted molar refractivity (Wildman–Crippen MR) is 268 cm³/mol. The average molecular weight is 823 g/mol. The van der Waals surface area contributed by atoms with Gasteiger partial charge in [0.15, 0.2) is 0 Å². The highest BCUT2D eigenvalue weighted by Gasteiger charge is 2.41. The van der Waals surface area contributed by atoms with Gasteiger partial charge in [-0.2, -0.15) is 0 Å². The van der Waals surface area contributed by atoms with Crippen LogP contribution in [0.25, 0.3) is 84.0 Å². The second-order valence-electron chi connectivity index (χ2n) is 18.1. The van der Waals surface area contributed by atoms with E-state index in [0.29, 0.717) is 12.0 Å². The summed E-state index contributed by atoms with van der Waals surface area (Å²) >= 11 is 0. The Morgan fingerprint density at radius 1 is 0.406 bits per heavy atom. The van der Waals surface area contributed by atoms with Gasteiger partial charge in [-0.15, -0.1) is 0 Å². The zero-order valence-electron chi connectivity index (χ0n) is 35.7. The van der Waals surface area contributed by atoms with Gasteiger partial charge in [0.25, 0.3) is 0 Å². The Bertz CT molecular complexity index is 3590. The summed E-state index contributed by atoms with van der Waals surface area (Å²) in [7, 11) is 0. The molecule has 3 aliphatic carbocycles. The summed E-state index contributed by atoms with van der Waals surface area (Å²) in [6.07, 6.45) is 20.8. The van der Waals surface area contributed by atoms with Gasteiger partial charge in [0.2, 0.25) is 0 Å². The zero-order valence-corrected chi connectivity index (χ0v) is 35.7. The summed E-state index contributed by atoms with van der Waals surface area (Å²) in [6, 6.07) is 59.4. The van der Waals surface area contributed by atoms with E-state index in [4.69, 9.17) is 0 Å². The van der Waals surface area contributed by atoms with Crippen molar-refractivity contribution in [2.45, 2.75) is 50.5 Å². The van der Waals surface area contributed by atoms with Crippen LogP contribution in [0.4, 0.5) is 11.4 Å². The Kier molecular flexibility index (Phi) is 7.85. The molecule has 0 amide bonds. The van der Waals surface area contributed by atoms with E-state index < -0.39 is 0 Å². The molecule has 0 radical (unpaired) electrons. The van der Waals surface area contributed by atoms with E-state index in [1.165, 1.54) is 111 Å². The van der Waals surface area contributed by atoms with Crippen molar-refractivity contribution in [2.24, 2.45) is 0 Å². The molecule has 306 valence electrons. The fraction of sp³-hybridized carbons (Fsp3) is 0.133. The van der Waals surface area contributed by atoms with Gasteiger partial charge in [-0.1, -0.05) is 134 Å². The second kappa shape index (κ2) is 14.0. The van der Waals surface area contributed by atoms with Crippen molar-refractivity contribution in [3.8, 4) is 28.2 Å². The maximum atomic E-state index is 2.63. The lowest BCUT2D eigenvalue weighted by Gasteiger charge is -2.30. The van der Waals surface area contributed by atoms with E-state index in [9.17, 15) is 0 Å². The van der Waals surface area contributed by atoms with E-state index in [2.05, 4.69) is 213 Å². The number of aromatic nitrogens is 3. The number of hydrogen-bond donors (Lipinski definition) is 0. The minimum absolute atomic E-state index is 0.323. The fourth-order valence-corrected chi connectivity index (χ4v) is 12.1. The van der Waals surface area contributed by atoms with Gasteiger partial charge >= 0.3 is 0 Å². The molecule has 4 aliphatic rings. The number of benzene rings is 7. The van der Waals surface area contributed by atoms with Crippen LogP contribution in [-0.4, -0.2) is 19.7 Å². The van der Waals surface area contributed by atoms with E-state index in [1.807, 2.05) is 0 Å². The van der Waals surface area contributed by atoms with Gasteiger partial charge in [-0.05, 0) is 110 Å². The molecular weight excluding hydrogens is 777 g/mol. The molecule has 1 aliphatic heterocycles. The summed E-state index contributed by atoms with van der Waals surface area (Å²) in [4.78, 5) is 2.60. The molecule has 4 nitrogen and oxygen atoms in total. The Morgan fingerprint density at radius 2 is 0.953 bits per heavy atom. The molecule has 10 aromatic rings. The van der Waals surface area contributed by atoms with Crippen molar-refractivity contribution in [3.63, 3.8) is 0 Å². The highest BCUT2D eigenvalue weighted by molar-refractivity contribution is 6.19. The summed E-state index contributed by atoms with van der Waals surface area (Å²) < 4.78 is 7.68. The van der Waals surface area contributed by atoms with E-state index in [1.54, 1.807) is 0 Å². The largest absolute Gasteiger partial charge is 0.334 e. The van der Waals surface area contributed by atoms with Gasteiger partial charge in [-0.25, -0.2) is 0 Å². The molecule has 0 bridgehead atoms. The van der Waals surface area contributed by atoms with Crippen LogP contribution in [0.5, 0.6) is 0 Å². The first kappa shape index (κ1) is 36.0. The fourth-order valence-electron chi connectivity index (χ4n) is 12.1.